The van der Waals surface area contributed by atoms with E-state index in [-0.39, 0.29) is 6.10 Å². The van der Waals surface area contributed by atoms with Crippen molar-refractivity contribution in [1.29, 1.82) is 0 Å². The molecule has 0 amide bonds. The van der Waals surface area contributed by atoms with Crippen molar-refractivity contribution in [2.75, 3.05) is 26.3 Å². The Balaban J connectivity index is 1.48. The van der Waals surface area contributed by atoms with Gasteiger partial charge >= 0.3 is 0 Å². The molecule has 3 rings (SSSR count). The van der Waals surface area contributed by atoms with E-state index in [0.717, 1.165) is 32.0 Å². The molecule has 4 heteroatoms. The van der Waals surface area contributed by atoms with Crippen molar-refractivity contribution in [1.82, 2.24) is 4.90 Å². The van der Waals surface area contributed by atoms with Crippen LogP contribution in [0, 0.1) is 6.92 Å². The van der Waals surface area contributed by atoms with Crippen LogP contribution in [0.3, 0.4) is 0 Å². The summed E-state index contributed by atoms with van der Waals surface area (Å²) in [5, 5.41) is 2.13. The second kappa shape index (κ2) is 7.07. The normalized spacial score (nSPS) is 19.6. The maximum Gasteiger partial charge on any atom is 0.119 e. The van der Waals surface area contributed by atoms with Crippen molar-refractivity contribution in [2.45, 2.75) is 19.6 Å². The zero-order chi connectivity index (χ0) is 14.5. The fraction of sp³-hybridized carbons (Fsp3) is 0.412. The Morgan fingerprint density at radius 3 is 2.90 bits per heavy atom. The van der Waals surface area contributed by atoms with Crippen LogP contribution in [0.1, 0.15) is 10.4 Å². The first-order chi connectivity index (χ1) is 10.3. The van der Waals surface area contributed by atoms with Crippen molar-refractivity contribution >= 4 is 11.3 Å². The topological polar surface area (TPSA) is 21.7 Å². The van der Waals surface area contributed by atoms with E-state index in [1.165, 1.54) is 10.4 Å². The van der Waals surface area contributed by atoms with E-state index >= 15 is 0 Å². The monoisotopic (exact) mass is 303 g/mol. The quantitative estimate of drug-likeness (QED) is 0.845. The number of aryl methyl sites for hydroxylation is 1. The molecule has 1 unspecified atom stereocenters. The zero-order valence-electron chi connectivity index (χ0n) is 12.3. The number of hydrogen-bond acceptors (Lipinski definition) is 4. The third-order valence-corrected chi connectivity index (χ3v) is 4.50. The van der Waals surface area contributed by atoms with E-state index < -0.39 is 0 Å². The van der Waals surface area contributed by atoms with Gasteiger partial charge in [0.2, 0.25) is 0 Å². The number of nitrogens with zero attached hydrogens (tertiary/aromatic N) is 1. The molecule has 0 spiro atoms. The Morgan fingerprint density at radius 2 is 2.14 bits per heavy atom. The van der Waals surface area contributed by atoms with Gasteiger partial charge in [0.15, 0.2) is 0 Å². The lowest BCUT2D eigenvalue weighted by Crippen LogP contribution is -2.44. The fourth-order valence-electron chi connectivity index (χ4n) is 2.47. The second-order valence-electron chi connectivity index (χ2n) is 5.43. The predicted molar refractivity (Wildman–Crippen MR) is 86.0 cm³/mol. The molecule has 0 aliphatic carbocycles. The zero-order valence-corrected chi connectivity index (χ0v) is 13.1. The molecule has 21 heavy (non-hydrogen) atoms. The smallest absolute Gasteiger partial charge is 0.119 e. The molecule has 0 radical (unpaired) electrons. The largest absolute Gasteiger partial charge is 0.491 e. The van der Waals surface area contributed by atoms with Crippen LogP contribution in [0.15, 0.2) is 41.8 Å². The molecule has 1 aromatic heterocycles. The third kappa shape index (κ3) is 4.30. The summed E-state index contributed by atoms with van der Waals surface area (Å²) in [5.74, 6) is 0.916. The first kappa shape index (κ1) is 14.6. The minimum Gasteiger partial charge on any atom is -0.491 e. The van der Waals surface area contributed by atoms with Crippen molar-refractivity contribution in [3.63, 3.8) is 0 Å². The third-order valence-electron chi connectivity index (χ3n) is 3.64. The van der Waals surface area contributed by atoms with E-state index in [0.29, 0.717) is 6.61 Å². The Kier molecular flexibility index (Phi) is 4.91. The van der Waals surface area contributed by atoms with E-state index in [4.69, 9.17) is 9.47 Å². The highest BCUT2D eigenvalue weighted by molar-refractivity contribution is 7.09. The number of hydrogen-bond donors (Lipinski definition) is 0. The molecule has 1 aromatic carbocycles. The van der Waals surface area contributed by atoms with E-state index in [9.17, 15) is 0 Å². The van der Waals surface area contributed by atoms with Gasteiger partial charge in [-0.2, -0.15) is 0 Å². The maximum atomic E-state index is 5.83. The van der Waals surface area contributed by atoms with Crippen LogP contribution < -0.4 is 4.74 Å². The summed E-state index contributed by atoms with van der Waals surface area (Å²) in [5.41, 5.74) is 1.25. The number of thiophene rings is 1. The number of morpholine rings is 1. The standard InChI is InChI=1S/C17H21NO2S/c1-14-4-6-15(7-5-14)20-13-16-11-18(8-9-19-16)12-17-3-2-10-21-17/h2-7,10,16H,8-9,11-13H2,1H3. The van der Waals surface area contributed by atoms with Crippen LogP contribution >= 0.6 is 11.3 Å². The molecule has 1 fully saturated rings. The molecule has 0 bridgehead atoms. The molecular weight excluding hydrogens is 282 g/mol. The van der Waals surface area contributed by atoms with Crippen LogP contribution in [0.5, 0.6) is 5.75 Å². The van der Waals surface area contributed by atoms with Gasteiger partial charge in [0.25, 0.3) is 0 Å². The number of rotatable bonds is 5. The van der Waals surface area contributed by atoms with E-state index in [2.05, 4.69) is 41.5 Å². The summed E-state index contributed by atoms with van der Waals surface area (Å²) in [6.45, 7) is 6.43. The maximum absolute atomic E-state index is 5.83. The summed E-state index contributed by atoms with van der Waals surface area (Å²) in [4.78, 5) is 3.86. The second-order valence-corrected chi connectivity index (χ2v) is 6.46. The van der Waals surface area contributed by atoms with Crippen LogP contribution in [-0.4, -0.2) is 37.3 Å². The van der Waals surface area contributed by atoms with Crippen LogP contribution in [-0.2, 0) is 11.3 Å². The van der Waals surface area contributed by atoms with Crippen molar-refractivity contribution in [3.05, 3.63) is 52.2 Å². The lowest BCUT2D eigenvalue weighted by atomic mass is 10.2. The highest BCUT2D eigenvalue weighted by Crippen LogP contribution is 2.16. The molecule has 1 aliphatic rings. The van der Waals surface area contributed by atoms with Gasteiger partial charge in [-0.1, -0.05) is 23.8 Å². The highest BCUT2D eigenvalue weighted by Gasteiger charge is 2.21. The molecule has 1 atom stereocenters. The lowest BCUT2D eigenvalue weighted by Gasteiger charge is -2.32. The molecule has 0 N–H and O–H groups in total. The van der Waals surface area contributed by atoms with Crippen molar-refractivity contribution < 1.29 is 9.47 Å². The van der Waals surface area contributed by atoms with E-state index in [1.807, 2.05) is 23.5 Å². The van der Waals surface area contributed by atoms with Gasteiger partial charge in [0.05, 0.1) is 6.61 Å². The van der Waals surface area contributed by atoms with Gasteiger partial charge < -0.3 is 9.47 Å². The molecule has 1 saturated heterocycles. The predicted octanol–water partition coefficient (Wildman–Crippen LogP) is 3.34. The Bertz CT molecular complexity index is 538. The number of ether oxygens (including phenoxy) is 2. The molecule has 1 aliphatic heterocycles. The van der Waals surface area contributed by atoms with Gasteiger partial charge in [-0.15, -0.1) is 11.3 Å². The first-order valence-electron chi connectivity index (χ1n) is 7.35. The molecule has 2 heterocycles. The van der Waals surface area contributed by atoms with Crippen LogP contribution in [0.2, 0.25) is 0 Å². The van der Waals surface area contributed by atoms with Gasteiger partial charge in [0.1, 0.15) is 18.5 Å². The van der Waals surface area contributed by atoms with Gasteiger partial charge in [-0.05, 0) is 30.5 Å². The SMILES string of the molecule is Cc1ccc(OCC2CN(Cc3cccs3)CCO2)cc1. The molecule has 3 nitrogen and oxygen atoms in total. The minimum atomic E-state index is 0.153. The van der Waals surface area contributed by atoms with Gasteiger partial charge in [-0.25, -0.2) is 0 Å². The molecule has 112 valence electrons. The molecule has 0 saturated carbocycles. The van der Waals surface area contributed by atoms with E-state index in [1.54, 1.807) is 0 Å². The summed E-state index contributed by atoms with van der Waals surface area (Å²) in [6.07, 6.45) is 0.153. The molecule has 2 aromatic rings. The Morgan fingerprint density at radius 1 is 1.29 bits per heavy atom. The van der Waals surface area contributed by atoms with Gasteiger partial charge in [-0.3, -0.25) is 4.90 Å². The van der Waals surface area contributed by atoms with Crippen LogP contribution in [0.4, 0.5) is 0 Å². The lowest BCUT2D eigenvalue weighted by molar-refractivity contribution is -0.0501. The van der Waals surface area contributed by atoms with Crippen molar-refractivity contribution in [3.8, 4) is 5.75 Å². The summed E-state index contributed by atoms with van der Waals surface area (Å²) in [7, 11) is 0. The Labute approximate surface area is 130 Å². The highest BCUT2D eigenvalue weighted by atomic mass is 32.1. The minimum absolute atomic E-state index is 0.153. The summed E-state index contributed by atoms with van der Waals surface area (Å²) in [6, 6.07) is 12.5. The van der Waals surface area contributed by atoms with Crippen molar-refractivity contribution in [2.24, 2.45) is 0 Å². The molecular formula is C17H21NO2S. The summed E-state index contributed by atoms with van der Waals surface area (Å²) >= 11 is 1.82. The average Bonchev–Trinajstić information content (AvgIpc) is 3.00. The van der Waals surface area contributed by atoms with Crippen LogP contribution in [0.25, 0.3) is 0 Å². The van der Waals surface area contributed by atoms with Gasteiger partial charge in [0, 0.05) is 24.5 Å². The average molecular weight is 303 g/mol. The summed E-state index contributed by atoms with van der Waals surface area (Å²) < 4.78 is 11.6. The fourth-order valence-corrected chi connectivity index (χ4v) is 3.22. The number of benzene rings is 1. The first-order valence-corrected chi connectivity index (χ1v) is 8.23. The Hall–Kier alpha value is -1.36.